The van der Waals surface area contributed by atoms with Crippen molar-refractivity contribution in [2.75, 3.05) is 18.5 Å². The van der Waals surface area contributed by atoms with Crippen LogP contribution < -0.4 is 10.6 Å². The highest BCUT2D eigenvalue weighted by atomic mass is 32.1. The minimum absolute atomic E-state index is 0.0201. The van der Waals surface area contributed by atoms with E-state index in [2.05, 4.69) is 20.7 Å². The Morgan fingerprint density at radius 2 is 2.07 bits per heavy atom. The van der Waals surface area contributed by atoms with Gasteiger partial charge in [0.1, 0.15) is 10.7 Å². The summed E-state index contributed by atoms with van der Waals surface area (Å²) < 4.78 is 6.94. The predicted octanol–water partition coefficient (Wildman–Crippen LogP) is 2.37. The van der Waals surface area contributed by atoms with Crippen LogP contribution in [0, 0.1) is 11.8 Å². The van der Waals surface area contributed by atoms with Crippen LogP contribution >= 0.6 is 11.3 Å². The van der Waals surface area contributed by atoms with Crippen molar-refractivity contribution in [3.8, 4) is 0 Å². The zero-order chi connectivity index (χ0) is 19.4. The van der Waals surface area contributed by atoms with E-state index in [9.17, 15) is 9.59 Å². The molecule has 2 aromatic rings. The first-order valence-electron chi connectivity index (χ1n) is 9.07. The third-order valence-electron chi connectivity index (χ3n) is 4.54. The van der Waals surface area contributed by atoms with E-state index >= 15 is 0 Å². The second-order valence-corrected chi connectivity index (χ2v) is 7.93. The fraction of sp³-hybridized carbons (Fsp3) is 0.556. The maximum Gasteiger partial charge on any atom is 0.275 e. The van der Waals surface area contributed by atoms with Gasteiger partial charge in [-0.25, -0.2) is 4.98 Å². The summed E-state index contributed by atoms with van der Waals surface area (Å²) in [5.74, 6) is -0.111. The van der Waals surface area contributed by atoms with Gasteiger partial charge in [0.25, 0.3) is 5.91 Å². The molecule has 27 heavy (non-hydrogen) atoms. The first-order chi connectivity index (χ1) is 12.9. The van der Waals surface area contributed by atoms with Gasteiger partial charge in [-0.05, 0) is 18.8 Å². The molecule has 8 nitrogen and oxygen atoms in total. The van der Waals surface area contributed by atoms with Crippen molar-refractivity contribution < 1.29 is 14.3 Å². The number of nitrogens with zero attached hydrogens (tertiary/aromatic N) is 3. The zero-order valence-corrected chi connectivity index (χ0v) is 16.6. The Kier molecular flexibility index (Phi) is 6.22. The normalized spacial score (nSPS) is 16.3. The minimum atomic E-state index is -0.288. The molecule has 1 atom stereocenters. The van der Waals surface area contributed by atoms with E-state index in [4.69, 9.17) is 4.74 Å². The molecule has 0 aromatic carbocycles. The average molecular weight is 391 g/mol. The quantitative estimate of drug-likeness (QED) is 0.788. The highest BCUT2D eigenvalue weighted by Crippen LogP contribution is 2.27. The monoisotopic (exact) mass is 391 g/mol. The first-order valence-corrected chi connectivity index (χ1v) is 9.95. The van der Waals surface area contributed by atoms with Crippen molar-refractivity contribution in [3.63, 3.8) is 0 Å². The lowest BCUT2D eigenvalue weighted by atomic mass is 9.97. The van der Waals surface area contributed by atoms with Crippen molar-refractivity contribution in [2.45, 2.75) is 32.7 Å². The molecule has 2 N–H and O–H groups in total. The molecule has 0 saturated carbocycles. The number of amides is 2. The SMILES string of the molecule is CC(C)[C@H](NC(=O)C1CCOCC1)c1nc(C(=O)Nc2cnn(C)c2)cs1. The molecule has 0 bridgehead atoms. The maximum atomic E-state index is 12.6. The summed E-state index contributed by atoms with van der Waals surface area (Å²) in [4.78, 5) is 29.5. The van der Waals surface area contributed by atoms with Crippen LogP contribution in [0.15, 0.2) is 17.8 Å². The molecule has 0 unspecified atom stereocenters. The molecular formula is C18H25N5O3S. The molecule has 1 fully saturated rings. The summed E-state index contributed by atoms with van der Waals surface area (Å²) in [6, 6.07) is -0.217. The topological polar surface area (TPSA) is 98.1 Å². The number of anilines is 1. The van der Waals surface area contributed by atoms with Gasteiger partial charge in [0, 0.05) is 37.8 Å². The van der Waals surface area contributed by atoms with Crippen molar-refractivity contribution >= 4 is 28.8 Å². The third kappa shape index (κ3) is 4.92. The predicted molar refractivity (Wildman–Crippen MR) is 103 cm³/mol. The average Bonchev–Trinajstić information content (AvgIpc) is 3.29. The summed E-state index contributed by atoms with van der Waals surface area (Å²) in [6.07, 6.45) is 4.78. The molecule has 146 valence electrons. The lowest BCUT2D eigenvalue weighted by molar-refractivity contribution is -0.129. The Morgan fingerprint density at radius 1 is 1.33 bits per heavy atom. The van der Waals surface area contributed by atoms with E-state index in [1.54, 1.807) is 29.5 Å². The Hall–Kier alpha value is -2.26. The van der Waals surface area contributed by atoms with Gasteiger partial charge in [0.2, 0.25) is 5.91 Å². The van der Waals surface area contributed by atoms with Gasteiger partial charge < -0.3 is 15.4 Å². The molecule has 1 aliphatic heterocycles. The number of hydrogen-bond donors (Lipinski definition) is 2. The maximum absolute atomic E-state index is 12.6. The Morgan fingerprint density at radius 3 is 2.70 bits per heavy atom. The van der Waals surface area contributed by atoms with Gasteiger partial charge >= 0.3 is 0 Å². The van der Waals surface area contributed by atoms with Crippen LogP contribution in [0.3, 0.4) is 0 Å². The van der Waals surface area contributed by atoms with Crippen molar-refractivity contribution in [1.29, 1.82) is 0 Å². The number of carbonyl (C=O) groups is 2. The molecule has 3 heterocycles. The van der Waals surface area contributed by atoms with Crippen LogP contribution in [0.1, 0.15) is 48.2 Å². The van der Waals surface area contributed by atoms with E-state index in [1.807, 2.05) is 13.8 Å². The highest BCUT2D eigenvalue weighted by molar-refractivity contribution is 7.10. The lowest BCUT2D eigenvalue weighted by Crippen LogP contribution is -2.38. The van der Waals surface area contributed by atoms with Crippen molar-refractivity contribution in [3.05, 3.63) is 28.5 Å². The van der Waals surface area contributed by atoms with Crippen LogP contribution in [0.25, 0.3) is 0 Å². The van der Waals surface area contributed by atoms with Gasteiger partial charge in [0.15, 0.2) is 0 Å². The Balaban J connectivity index is 1.67. The minimum Gasteiger partial charge on any atom is -0.381 e. The number of rotatable bonds is 6. The number of aryl methyl sites for hydroxylation is 1. The Labute approximate surface area is 162 Å². The highest BCUT2D eigenvalue weighted by Gasteiger charge is 2.28. The second-order valence-electron chi connectivity index (χ2n) is 7.04. The fourth-order valence-corrected chi connectivity index (χ4v) is 3.98. The zero-order valence-electron chi connectivity index (χ0n) is 15.8. The molecule has 2 aromatic heterocycles. The van der Waals surface area contributed by atoms with Crippen LogP contribution in [-0.4, -0.2) is 39.8 Å². The van der Waals surface area contributed by atoms with Crippen LogP contribution in [0.4, 0.5) is 5.69 Å². The molecular weight excluding hydrogens is 366 g/mol. The molecule has 0 spiro atoms. The molecule has 1 saturated heterocycles. The molecule has 1 aliphatic rings. The number of nitrogens with one attached hydrogen (secondary N) is 2. The largest absolute Gasteiger partial charge is 0.381 e. The summed E-state index contributed by atoms with van der Waals surface area (Å²) in [6.45, 7) is 5.32. The summed E-state index contributed by atoms with van der Waals surface area (Å²) >= 11 is 1.39. The summed E-state index contributed by atoms with van der Waals surface area (Å²) in [5, 5.41) is 12.4. The van der Waals surface area contributed by atoms with E-state index in [-0.39, 0.29) is 29.7 Å². The molecule has 9 heteroatoms. The Bertz CT molecular complexity index is 795. The van der Waals surface area contributed by atoms with E-state index in [0.29, 0.717) is 24.6 Å². The van der Waals surface area contributed by atoms with Gasteiger partial charge in [-0.3, -0.25) is 14.3 Å². The van der Waals surface area contributed by atoms with Gasteiger partial charge in [-0.2, -0.15) is 5.10 Å². The lowest BCUT2D eigenvalue weighted by Gasteiger charge is -2.26. The van der Waals surface area contributed by atoms with Gasteiger partial charge in [-0.15, -0.1) is 11.3 Å². The number of thiazole rings is 1. The van der Waals surface area contributed by atoms with Crippen molar-refractivity contribution in [1.82, 2.24) is 20.1 Å². The van der Waals surface area contributed by atoms with E-state index in [0.717, 1.165) is 17.8 Å². The number of hydrogen-bond acceptors (Lipinski definition) is 6. The third-order valence-corrected chi connectivity index (χ3v) is 5.47. The molecule has 3 rings (SSSR count). The summed E-state index contributed by atoms with van der Waals surface area (Å²) in [7, 11) is 1.78. The number of aromatic nitrogens is 3. The van der Waals surface area contributed by atoms with E-state index < -0.39 is 0 Å². The molecule has 0 radical (unpaired) electrons. The second kappa shape index (κ2) is 8.62. The number of carbonyl (C=O) groups excluding carboxylic acids is 2. The van der Waals surface area contributed by atoms with Gasteiger partial charge in [0.05, 0.1) is 17.9 Å². The van der Waals surface area contributed by atoms with Crippen LogP contribution in [0.2, 0.25) is 0 Å². The van der Waals surface area contributed by atoms with Crippen molar-refractivity contribution in [2.24, 2.45) is 18.9 Å². The van der Waals surface area contributed by atoms with Crippen LogP contribution in [0.5, 0.6) is 0 Å². The summed E-state index contributed by atoms with van der Waals surface area (Å²) in [5.41, 5.74) is 0.954. The smallest absolute Gasteiger partial charge is 0.275 e. The van der Waals surface area contributed by atoms with Gasteiger partial charge in [-0.1, -0.05) is 13.8 Å². The first kappa shape index (κ1) is 19.5. The standard InChI is InChI=1S/C18H25N5O3S/c1-11(2)15(22-16(24)12-4-6-26-7-5-12)18-21-14(10-27-18)17(25)20-13-8-19-23(3)9-13/h8-12,15H,4-7H2,1-3H3,(H,20,25)(H,22,24)/t15-/m0/s1. The van der Waals surface area contributed by atoms with Crippen LogP contribution in [-0.2, 0) is 16.6 Å². The molecule has 2 amide bonds. The fourth-order valence-electron chi connectivity index (χ4n) is 2.96. The van der Waals surface area contributed by atoms with E-state index in [1.165, 1.54) is 11.3 Å². The number of ether oxygens (including phenoxy) is 1. The molecule has 0 aliphatic carbocycles.